The number of anilines is 1. The first-order valence-electron chi connectivity index (χ1n) is 6.53. The van der Waals surface area contributed by atoms with Gasteiger partial charge in [-0.05, 0) is 30.5 Å². The number of rotatable bonds is 2. The molecule has 1 aromatic carbocycles. The third-order valence-corrected chi connectivity index (χ3v) is 3.22. The van der Waals surface area contributed by atoms with Crippen LogP contribution < -0.4 is 10.6 Å². The maximum Gasteiger partial charge on any atom is 0.416 e. The Morgan fingerprint density at radius 1 is 1.35 bits per heavy atom. The lowest BCUT2D eigenvalue weighted by Gasteiger charge is -2.17. The Labute approximate surface area is 115 Å². The fraction of sp³-hybridized carbons (Fsp3) is 0.500. The smallest absolute Gasteiger partial charge is 0.382 e. The average Bonchev–Trinajstić information content (AvgIpc) is 2.47. The second-order valence-corrected chi connectivity index (χ2v) is 5.44. The van der Waals surface area contributed by atoms with Crippen molar-refractivity contribution in [3.05, 3.63) is 29.3 Å². The number of benzene rings is 1. The minimum absolute atomic E-state index is 0.0794. The third-order valence-electron chi connectivity index (χ3n) is 3.22. The van der Waals surface area contributed by atoms with Crippen LogP contribution in [0.25, 0.3) is 0 Å². The summed E-state index contributed by atoms with van der Waals surface area (Å²) in [5, 5.41) is 5.78. The minimum atomic E-state index is -4.41. The highest BCUT2D eigenvalue weighted by Crippen LogP contribution is 2.32. The molecule has 1 aliphatic rings. The summed E-state index contributed by atoms with van der Waals surface area (Å²) in [5.41, 5.74) is -0.258. The molecule has 1 atom stereocenters. The van der Waals surface area contributed by atoms with Crippen LogP contribution in [0.15, 0.2) is 18.2 Å². The number of nitrogens with one attached hydrogen (secondary N) is 2. The molecule has 1 aromatic rings. The number of carbonyl (C=O) groups excluding carboxylic acids is 1. The molecular weight excluding hydrogens is 269 g/mol. The largest absolute Gasteiger partial charge is 0.416 e. The summed E-state index contributed by atoms with van der Waals surface area (Å²) in [6.45, 7) is 4.50. The van der Waals surface area contributed by atoms with E-state index in [1.54, 1.807) is 0 Å². The van der Waals surface area contributed by atoms with Crippen LogP contribution in [-0.4, -0.2) is 18.5 Å². The van der Waals surface area contributed by atoms with Crippen LogP contribution in [0.1, 0.15) is 36.2 Å². The summed E-state index contributed by atoms with van der Waals surface area (Å²) in [7, 11) is 0. The summed E-state index contributed by atoms with van der Waals surface area (Å²) < 4.78 is 38.0. The molecule has 0 saturated heterocycles. The van der Waals surface area contributed by atoms with Gasteiger partial charge in [-0.3, -0.25) is 4.79 Å². The van der Waals surface area contributed by atoms with E-state index in [0.29, 0.717) is 12.5 Å². The maximum absolute atomic E-state index is 12.7. The number of alkyl halides is 3. The molecule has 2 rings (SSSR count). The molecule has 1 unspecified atom stereocenters. The van der Waals surface area contributed by atoms with Crippen molar-refractivity contribution in [3.63, 3.8) is 0 Å². The first-order chi connectivity index (χ1) is 9.27. The van der Waals surface area contributed by atoms with Gasteiger partial charge in [0.1, 0.15) is 0 Å². The zero-order valence-electron chi connectivity index (χ0n) is 11.3. The van der Waals surface area contributed by atoms with Gasteiger partial charge < -0.3 is 10.6 Å². The van der Waals surface area contributed by atoms with Crippen molar-refractivity contribution in [2.24, 2.45) is 5.92 Å². The van der Waals surface area contributed by atoms with Gasteiger partial charge in [-0.2, -0.15) is 13.2 Å². The number of carbonyl (C=O) groups is 1. The number of amides is 1. The highest BCUT2D eigenvalue weighted by molar-refractivity contribution is 6.00. The summed E-state index contributed by atoms with van der Waals surface area (Å²) in [6, 6.07) is 3.07. The lowest BCUT2D eigenvalue weighted by molar-refractivity contribution is -0.137. The van der Waals surface area contributed by atoms with E-state index in [2.05, 4.69) is 10.6 Å². The Kier molecular flexibility index (Phi) is 3.92. The monoisotopic (exact) mass is 286 g/mol. The molecule has 2 N–H and O–H groups in total. The van der Waals surface area contributed by atoms with Gasteiger partial charge in [0.2, 0.25) is 0 Å². The zero-order valence-corrected chi connectivity index (χ0v) is 11.3. The van der Waals surface area contributed by atoms with Gasteiger partial charge in [-0.1, -0.05) is 13.8 Å². The van der Waals surface area contributed by atoms with Crippen molar-refractivity contribution in [3.8, 4) is 0 Å². The SMILES string of the molecule is CC(C)CC1CNc2cc(C(F)(F)F)ccc2C(=O)N1. The standard InChI is InChI=1S/C14H17F3N2O/c1-8(2)5-10-7-18-12-6-9(14(15,16)17)3-4-11(12)13(20)19-10/h3-4,6,8,10,18H,5,7H2,1-2H3,(H,19,20). The number of halogens is 3. The Hall–Kier alpha value is -1.72. The van der Waals surface area contributed by atoms with Crippen molar-refractivity contribution < 1.29 is 18.0 Å². The molecule has 0 aliphatic carbocycles. The van der Waals surface area contributed by atoms with Crippen molar-refractivity contribution in [2.45, 2.75) is 32.5 Å². The molecule has 0 aromatic heterocycles. The van der Waals surface area contributed by atoms with Gasteiger partial charge in [0.25, 0.3) is 5.91 Å². The van der Waals surface area contributed by atoms with Crippen LogP contribution in [0.5, 0.6) is 0 Å². The number of fused-ring (bicyclic) bond motifs is 1. The van der Waals surface area contributed by atoms with Crippen molar-refractivity contribution >= 4 is 11.6 Å². The molecule has 1 amide bonds. The van der Waals surface area contributed by atoms with Crippen LogP contribution in [0, 0.1) is 5.92 Å². The summed E-state index contributed by atoms with van der Waals surface area (Å²) in [4.78, 5) is 12.0. The van der Waals surface area contributed by atoms with Gasteiger partial charge in [0.15, 0.2) is 0 Å². The molecule has 0 radical (unpaired) electrons. The quantitative estimate of drug-likeness (QED) is 0.876. The molecule has 20 heavy (non-hydrogen) atoms. The highest BCUT2D eigenvalue weighted by Gasteiger charge is 2.32. The normalized spacial score (nSPS) is 19.1. The van der Waals surface area contributed by atoms with E-state index in [1.807, 2.05) is 13.8 Å². The van der Waals surface area contributed by atoms with E-state index >= 15 is 0 Å². The molecule has 1 heterocycles. The molecule has 0 spiro atoms. The van der Waals surface area contributed by atoms with Crippen molar-refractivity contribution in [1.82, 2.24) is 5.32 Å². The van der Waals surface area contributed by atoms with Gasteiger partial charge in [-0.25, -0.2) is 0 Å². The summed E-state index contributed by atoms with van der Waals surface area (Å²) in [5.74, 6) is 0.0680. The van der Waals surface area contributed by atoms with E-state index in [-0.39, 0.29) is 23.2 Å². The topological polar surface area (TPSA) is 41.1 Å². The second-order valence-electron chi connectivity index (χ2n) is 5.44. The number of hydrogen-bond donors (Lipinski definition) is 2. The molecule has 0 bridgehead atoms. The van der Waals surface area contributed by atoms with Crippen LogP contribution in [0.2, 0.25) is 0 Å². The zero-order chi connectivity index (χ0) is 14.9. The fourth-order valence-electron chi connectivity index (χ4n) is 2.32. The van der Waals surface area contributed by atoms with Crippen LogP contribution in [0.4, 0.5) is 18.9 Å². The van der Waals surface area contributed by atoms with E-state index in [4.69, 9.17) is 0 Å². The predicted octanol–water partition coefficient (Wildman–Crippen LogP) is 3.28. The van der Waals surface area contributed by atoms with E-state index in [0.717, 1.165) is 18.6 Å². The lowest BCUT2D eigenvalue weighted by atomic mass is 10.0. The third kappa shape index (κ3) is 3.23. The van der Waals surface area contributed by atoms with E-state index < -0.39 is 11.7 Å². The highest BCUT2D eigenvalue weighted by atomic mass is 19.4. The van der Waals surface area contributed by atoms with E-state index in [1.165, 1.54) is 6.07 Å². The van der Waals surface area contributed by atoms with Crippen molar-refractivity contribution in [1.29, 1.82) is 0 Å². The molecule has 1 aliphatic heterocycles. The minimum Gasteiger partial charge on any atom is -0.382 e. The maximum atomic E-state index is 12.7. The molecule has 110 valence electrons. The Balaban J connectivity index is 2.26. The first kappa shape index (κ1) is 14.7. The van der Waals surface area contributed by atoms with E-state index in [9.17, 15) is 18.0 Å². The summed E-state index contributed by atoms with van der Waals surface area (Å²) in [6.07, 6.45) is -3.63. The number of hydrogen-bond acceptors (Lipinski definition) is 2. The van der Waals surface area contributed by atoms with Crippen LogP contribution in [-0.2, 0) is 6.18 Å². The van der Waals surface area contributed by atoms with Gasteiger partial charge >= 0.3 is 6.18 Å². The van der Waals surface area contributed by atoms with Gasteiger partial charge in [-0.15, -0.1) is 0 Å². The Morgan fingerprint density at radius 3 is 2.65 bits per heavy atom. The average molecular weight is 286 g/mol. The van der Waals surface area contributed by atoms with Gasteiger partial charge in [0.05, 0.1) is 11.1 Å². The molecule has 0 fully saturated rings. The molecule has 3 nitrogen and oxygen atoms in total. The molecule has 0 saturated carbocycles. The lowest BCUT2D eigenvalue weighted by Crippen LogP contribution is -2.37. The van der Waals surface area contributed by atoms with Crippen molar-refractivity contribution in [2.75, 3.05) is 11.9 Å². The predicted molar refractivity (Wildman–Crippen MR) is 70.6 cm³/mol. The van der Waals surface area contributed by atoms with Gasteiger partial charge in [0, 0.05) is 18.3 Å². The first-order valence-corrected chi connectivity index (χ1v) is 6.53. The van der Waals surface area contributed by atoms with Crippen LogP contribution >= 0.6 is 0 Å². The summed E-state index contributed by atoms with van der Waals surface area (Å²) >= 11 is 0. The Morgan fingerprint density at radius 2 is 2.05 bits per heavy atom. The fourth-order valence-corrected chi connectivity index (χ4v) is 2.32. The Bertz CT molecular complexity index is 512. The van der Waals surface area contributed by atoms with Crippen LogP contribution in [0.3, 0.4) is 0 Å². The second kappa shape index (κ2) is 5.34. The molecular formula is C14H17F3N2O. The molecule has 6 heteroatoms.